The first kappa shape index (κ1) is 21.5. The predicted octanol–water partition coefficient (Wildman–Crippen LogP) is -5.54. The van der Waals surface area contributed by atoms with Crippen molar-refractivity contribution in [1.82, 2.24) is 0 Å². The number of hydrogen-bond acceptors (Lipinski definition) is 8. The van der Waals surface area contributed by atoms with Crippen LogP contribution in [0.5, 0.6) is 11.5 Å². The van der Waals surface area contributed by atoms with E-state index in [0.29, 0.717) is 17.4 Å². The van der Waals surface area contributed by atoms with Gasteiger partial charge in [-0.15, -0.1) is 0 Å². The zero-order chi connectivity index (χ0) is 14.2. The van der Waals surface area contributed by atoms with Gasteiger partial charge in [0.1, 0.15) is 21.6 Å². The molecule has 0 spiro atoms. The molecular formula is C10H6Na2O7S2. The van der Waals surface area contributed by atoms with Crippen LogP contribution in [0.3, 0.4) is 0 Å². The fraction of sp³-hybridized carbons (Fsp3) is 0. The normalized spacial score (nSPS) is 10.8. The van der Waals surface area contributed by atoms with Crippen molar-refractivity contribution >= 4 is 32.9 Å². The molecule has 0 aliphatic heterocycles. The average Bonchev–Trinajstić information content (AvgIpc) is 2.28. The van der Waals surface area contributed by atoms with Gasteiger partial charge in [0.05, 0.1) is 9.79 Å². The molecule has 7 nitrogen and oxygen atoms in total. The van der Waals surface area contributed by atoms with Gasteiger partial charge in [0.2, 0.25) is 0 Å². The molecule has 0 aromatic heterocycles. The van der Waals surface area contributed by atoms with Crippen LogP contribution in [0.2, 0.25) is 0 Å². The van der Waals surface area contributed by atoms with Crippen LogP contribution in [0.4, 0.5) is 0 Å². The number of benzene rings is 2. The Morgan fingerprint density at radius 3 is 2.05 bits per heavy atom. The molecule has 0 atom stereocenters. The summed E-state index contributed by atoms with van der Waals surface area (Å²) in [5.74, 6) is -0.979. The Kier molecular flexibility index (Phi) is 8.56. The standard InChI is InChI=1S/C10H8O7S2.2Na/c11-7-1-5-2-8(12)10(19(14,15)16)4-6(5)3-9(7)18-17-13;;/h1-4,11-13H,(H,14,15,16);;/q;2*+1/p-2. The summed E-state index contributed by atoms with van der Waals surface area (Å²) in [6.07, 6.45) is 0. The summed E-state index contributed by atoms with van der Waals surface area (Å²) >= 11 is 0.339. The van der Waals surface area contributed by atoms with Crippen LogP contribution < -0.4 is 64.4 Å². The van der Waals surface area contributed by atoms with Crippen molar-refractivity contribution in [3.05, 3.63) is 24.3 Å². The van der Waals surface area contributed by atoms with Crippen LogP contribution in [0.1, 0.15) is 0 Å². The average molecular weight is 348 g/mol. The van der Waals surface area contributed by atoms with Gasteiger partial charge in [-0.05, 0) is 35.0 Å². The summed E-state index contributed by atoms with van der Waals surface area (Å²) in [5.41, 5.74) is 0. The van der Waals surface area contributed by atoms with Crippen molar-refractivity contribution in [3.8, 4) is 11.5 Å². The van der Waals surface area contributed by atoms with Gasteiger partial charge in [0, 0.05) is 12.0 Å². The molecule has 2 aromatic rings. The molecule has 0 heterocycles. The third-order valence-electron chi connectivity index (χ3n) is 2.39. The van der Waals surface area contributed by atoms with E-state index in [4.69, 9.17) is 0 Å². The first-order chi connectivity index (χ1) is 8.82. The zero-order valence-electron chi connectivity index (χ0n) is 11.1. The molecule has 2 rings (SSSR count). The number of aromatic hydroxyl groups is 2. The second-order valence-corrected chi connectivity index (χ2v) is 5.68. The fourth-order valence-electron chi connectivity index (χ4n) is 1.59. The maximum Gasteiger partial charge on any atom is 1.00 e. The van der Waals surface area contributed by atoms with E-state index in [0.717, 1.165) is 12.1 Å². The van der Waals surface area contributed by atoms with E-state index in [2.05, 4.69) is 4.33 Å². The molecule has 2 N–H and O–H groups in total. The number of rotatable bonds is 3. The molecular weight excluding hydrogens is 342 g/mol. The van der Waals surface area contributed by atoms with Crippen LogP contribution in [0.15, 0.2) is 34.1 Å². The molecule has 0 aliphatic rings. The van der Waals surface area contributed by atoms with E-state index in [1.807, 2.05) is 0 Å². The van der Waals surface area contributed by atoms with Gasteiger partial charge in [-0.25, -0.2) is 8.42 Å². The van der Waals surface area contributed by atoms with Crippen LogP contribution >= 0.6 is 12.0 Å². The Morgan fingerprint density at radius 1 is 1.00 bits per heavy atom. The van der Waals surface area contributed by atoms with Crippen LogP contribution in [-0.2, 0) is 14.5 Å². The summed E-state index contributed by atoms with van der Waals surface area (Å²) in [6.45, 7) is 0. The number of phenolic OH excluding ortho intramolecular Hbond substituents is 2. The van der Waals surface area contributed by atoms with E-state index in [1.54, 1.807) is 0 Å². The molecule has 0 saturated carbocycles. The monoisotopic (exact) mass is 348 g/mol. The predicted molar refractivity (Wildman–Crippen MR) is 62.2 cm³/mol. The van der Waals surface area contributed by atoms with Crippen LogP contribution in [-0.4, -0.2) is 23.2 Å². The second kappa shape index (κ2) is 8.37. The van der Waals surface area contributed by atoms with Crippen molar-refractivity contribution in [1.29, 1.82) is 0 Å². The molecule has 2 aromatic carbocycles. The van der Waals surface area contributed by atoms with Crippen LogP contribution in [0.25, 0.3) is 10.8 Å². The minimum atomic E-state index is -4.82. The molecule has 0 radical (unpaired) electrons. The minimum Gasteiger partial charge on any atom is -0.744 e. The topological polar surface area (TPSA) is 130 Å². The molecule has 0 fully saturated rings. The SMILES string of the molecule is O=S(=O)([O-])c1cc2cc(SO[O-])c(O)cc2cc1O.[Na+].[Na+]. The van der Waals surface area contributed by atoms with E-state index in [9.17, 15) is 28.4 Å². The Hall–Kier alpha value is 0.480. The first-order valence-corrected chi connectivity index (χ1v) is 6.90. The van der Waals surface area contributed by atoms with Crippen molar-refractivity contribution in [3.63, 3.8) is 0 Å². The summed E-state index contributed by atoms with van der Waals surface area (Å²) in [5, 5.41) is 29.6. The number of hydrogen-bond donors (Lipinski definition) is 2. The van der Waals surface area contributed by atoms with Gasteiger partial charge in [-0.3, -0.25) is 0 Å². The Bertz CT molecular complexity index is 749. The summed E-state index contributed by atoms with van der Waals surface area (Å²) in [7, 11) is -4.82. The van der Waals surface area contributed by atoms with E-state index < -0.39 is 20.8 Å². The smallest absolute Gasteiger partial charge is 0.744 e. The van der Waals surface area contributed by atoms with Crippen molar-refractivity contribution in [2.24, 2.45) is 0 Å². The number of fused-ring (bicyclic) bond motifs is 1. The summed E-state index contributed by atoms with van der Waals surface area (Å²) < 4.78 is 36.3. The molecule has 0 aliphatic carbocycles. The van der Waals surface area contributed by atoms with E-state index >= 15 is 0 Å². The van der Waals surface area contributed by atoms with Gasteiger partial charge >= 0.3 is 59.1 Å². The van der Waals surface area contributed by atoms with Crippen molar-refractivity contribution in [2.45, 2.75) is 9.79 Å². The van der Waals surface area contributed by atoms with Gasteiger partial charge in [-0.1, -0.05) is 0 Å². The zero-order valence-corrected chi connectivity index (χ0v) is 16.7. The maximum atomic E-state index is 10.9. The first-order valence-electron chi connectivity index (χ1n) is 4.75. The fourth-order valence-corrected chi connectivity index (χ4v) is 2.57. The summed E-state index contributed by atoms with van der Waals surface area (Å²) in [6, 6.07) is 4.46. The Morgan fingerprint density at radius 2 is 1.52 bits per heavy atom. The molecule has 0 amide bonds. The van der Waals surface area contributed by atoms with E-state index in [1.165, 1.54) is 12.1 Å². The summed E-state index contributed by atoms with van der Waals surface area (Å²) in [4.78, 5) is -0.716. The molecule has 0 saturated heterocycles. The van der Waals surface area contributed by atoms with Gasteiger partial charge in [0.15, 0.2) is 0 Å². The molecule has 102 valence electrons. The van der Waals surface area contributed by atoms with Crippen molar-refractivity contribution < 1.29 is 91.9 Å². The van der Waals surface area contributed by atoms with Gasteiger partial charge in [0.25, 0.3) is 0 Å². The second-order valence-electron chi connectivity index (χ2n) is 3.59. The minimum absolute atomic E-state index is 0. The van der Waals surface area contributed by atoms with Gasteiger partial charge < -0.3 is 24.4 Å². The van der Waals surface area contributed by atoms with E-state index in [-0.39, 0.29) is 75.1 Å². The molecule has 11 heteroatoms. The Labute approximate surface area is 168 Å². The van der Waals surface area contributed by atoms with Crippen molar-refractivity contribution in [2.75, 3.05) is 0 Å². The molecule has 0 unspecified atom stereocenters. The third-order valence-corrected chi connectivity index (χ3v) is 3.83. The maximum absolute atomic E-state index is 10.9. The quantitative estimate of drug-likeness (QED) is 0.185. The third kappa shape index (κ3) is 4.98. The molecule has 21 heavy (non-hydrogen) atoms. The largest absolute Gasteiger partial charge is 1.00 e. The van der Waals surface area contributed by atoms with Crippen LogP contribution in [0, 0.1) is 0 Å². The number of phenols is 2. The molecule has 0 bridgehead atoms. The Balaban J connectivity index is 0.00000200. The van der Waals surface area contributed by atoms with Gasteiger partial charge in [-0.2, -0.15) is 0 Å².